The Labute approximate surface area is 190 Å². The van der Waals surface area contributed by atoms with Crippen LogP contribution >= 0.6 is 11.3 Å². The number of esters is 1. The molecule has 0 radical (unpaired) electrons. The molecule has 1 amide bonds. The highest BCUT2D eigenvalue weighted by Crippen LogP contribution is 2.36. The van der Waals surface area contributed by atoms with E-state index in [1.54, 1.807) is 30.2 Å². The molecule has 3 aromatic rings. The second-order valence-corrected chi connectivity index (χ2v) is 8.42. The number of carbonyl (C=O) groups is 2. The standard InChI is InChI=1S/C24H24N2O5S/c1-15-4-6-16(7-5-15)23-25-18(14-32-23)13-31-24(28)17-10-22(27)26(12-17)20-9-8-19(29-2)11-21(20)30-3/h4-9,11,14,17H,10,12-13H2,1-3H3/t17-/m0/s1. The normalized spacial score (nSPS) is 15.7. The van der Waals surface area contributed by atoms with Gasteiger partial charge in [0, 0.05) is 30.0 Å². The van der Waals surface area contributed by atoms with Gasteiger partial charge in [0.25, 0.3) is 0 Å². The summed E-state index contributed by atoms with van der Waals surface area (Å²) in [5.74, 6) is 0.0489. The van der Waals surface area contributed by atoms with E-state index in [0.717, 1.165) is 10.6 Å². The van der Waals surface area contributed by atoms with Crippen molar-refractivity contribution in [3.63, 3.8) is 0 Å². The number of carbonyl (C=O) groups excluding carboxylic acids is 2. The zero-order valence-corrected chi connectivity index (χ0v) is 19.0. The average molecular weight is 453 g/mol. The molecule has 1 aromatic heterocycles. The summed E-state index contributed by atoms with van der Waals surface area (Å²) in [7, 11) is 3.09. The van der Waals surface area contributed by atoms with E-state index in [1.165, 1.54) is 24.0 Å². The first-order chi connectivity index (χ1) is 15.5. The van der Waals surface area contributed by atoms with Crippen LogP contribution in [0.1, 0.15) is 17.7 Å². The lowest BCUT2D eigenvalue weighted by Crippen LogP contribution is -2.26. The van der Waals surface area contributed by atoms with Crippen molar-refractivity contribution in [2.75, 3.05) is 25.7 Å². The van der Waals surface area contributed by atoms with Crippen molar-refractivity contribution in [3.05, 3.63) is 59.1 Å². The number of benzene rings is 2. The second kappa shape index (κ2) is 9.40. The Bertz CT molecular complexity index is 1130. The summed E-state index contributed by atoms with van der Waals surface area (Å²) >= 11 is 1.51. The fraction of sp³-hybridized carbons (Fsp3) is 0.292. The number of rotatable bonds is 7. The van der Waals surface area contributed by atoms with Crippen LogP contribution in [0.4, 0.5) is 5.69 Å². The van der Waals surface area contributed by atoms with E-state index in [9.17, 15) is 9.59 Å². The average Bonchev–Trinajstić information content (AvgIpc) is 3.44. The van der Waals surface area contributed by atoms with Crippen LogP contribution in [0.25, 0.3) is 10.6 Å². The van der Waals surface area contributed by atoms with Crippen molar-refractivity contribution in [1.29, 1.82) is 0 Å². The van der Waals surface area contributed by atoms with E-state index in [4.69, 9.17) is 14.2 Å². The highest BCUT2D eigenvalue weighted by Gasteiger charge is 2.37. The van der Waals surface area contributed by atoms with Gasteiger partial charge in [0.15, 0.2) is 0 Å². The molecule has 7 nitrogen and oxygen atoms in total. The number of hydrogen-bond donors (Lipinski definition) is 0. The monoisotopic (exact) mass is 452 g/mol. The number of ether oxygens (including phenoxy) is 3. The van der Waals surface area contributed by atoms with Crippen molar-refractivity contribution in [2.24, 2.45) is 5.92 Å². The minimum absolute atomic E-state index is 0.0811. The molecule has 2 aromatic carbocycles. The number of aromatic nitrogens is 1. The summed E-state index contributed by atoms with van der Waals surface area (Å²) in [6.07, 6.45) is 0.0969. The van der Waals surface area contributed by atoms with E-state index >= 15 is 0 Å². The van der Waals surface area contributed by atoms with Crippen LogP contribution in [0.5, 0.6) is 11.5 Å². The van der Waals surface area contributed by atoms with E-state index in [1.807, 2.05) is 36.6 Å². The second-order valence-electron chi connectivity index (χ2n) is 7.56. The number of methoxy groups -OCH3 is 2. The maximum absolute atomic E-state index is 12.6. The minimum Gasteiger partial charge on any atom is -0.497 e. The van der Waals surface area contributed by atoms with Crippen molar-refractivity contribution < 1.29 is 23.8 Å². The number of anilines is 1. The SMILES string of the molecule is COc1ccc(N2C[C@@H](C(=O)OCc3csc(-c4ccc(C)cc4)n3)CC2=O)c(OC)c1. The molecule has 166 valence electrons. The summed E-state index contributed by atoms with van der Waals surface area (Å²) < 4.78 is 16.1. The molecule has 32 heavy (non-hydrogen) atoms. The fourth-order valence-electron chi connectivity index (χ4n) is 3.57. The van der Waals surface area contributed by atoms with Crippen LogP contribution in [-0.2, 0) is 20.9 Å². The molecule has 8 heteroatoms. The van der Waals surface area contributed by atoms with Gasteiger partial charge in [-0.25, -0.2) is 4.98 Å². The van der Waals surface area contributed by atoms with Crippen LogP contribution in [0.2, 0.25) is 0 Å². The predicted octanol–water partition coefficient (Wildman–Crippen LogP) is 4.23. The van der Waals surface area contributed by atoms with Crippen molar-refractivity contribution in [2.45, 2.75) is 20.0 Å². The molecule has 0 N–H and O–H groups in total. The number of amides is 1. The quantitative estimate of drug-likeness (QED) is 0.499. The van der Waals surface area contributed by atoms with Crippen LogP contribution in [0, 0.1) is 12.8 Å². The molecule has 0 spiro atoms. The van der Waals surface area contributed by atoms with Crippen LogP contribution in [-0.4, -0.2) is 37.6 Å². The lowest BCUT2D eigenvalue weighted by Gasteiger charge is -2.20. The largest absolute Gasteiger partial charge is 0.497 e. The fourth-order valence-corrected chi connectivity index (χ4v) is 4.38. The van der Waals surface area contributed by atoms with Gasteiger partial charge in [-0.3, -0.25) is 9.59 Å². The third-order valence-electron chi connectivity index (χ3n) is 5.35. The number of thiazole rings is 1. The molecule has 0 aliphatic carbocycles. The molecule has 0 unspecified atom stereocenters. The summed E-state index contributed by atoms with van der Waals surface area (Å²) in [5.41, 5.74) is 3.52. The first kappa shape index (κ1) is 21.8. The van der Waals surface area contributed by atoms with Gasteiger partial charge < -0.3 is 19.1 Å². The first-order valence-corrected chi connectivity index (χ1v) is 11.1. The first-order valence-electron chi connectivity index (χ1n) is 10.2. The lowest BCUT2D eigenvalue weighted by molar-refractivity contribution is -0.149. The van der Waals surface area contributed by atoms with Gasteiger partial charge >= 0.3 is 5.97 Å². The van der Waals surface area contributed by atoms with E-state index in [-0.39, 0.29) is 25.5 Å². The zero-order chi connectivity index (χ0) is 22.7. The van der Waals surface area contributed by atoms with Gasteiger partial charge in [0.1, 0.15) is 23.1 Å². The Morgan fingerprint density at radius 3 is 2.66 bits per heavy atom. The van der Waals surface area contributed by atoms with Gasteiger partial charge in [-0.2, -0.15) is 0 Å². The smallest absolute Gasteiger partial charge is 0.311 e. The van der Waals surface area contributed by atoms with Gasteiger partial charge in [-0.15, -0.1) is 11.3 Å². The number of hydrogen-bond acceptors (Lipinski definition) is 7. The molecule has 0 saturated carbocycles. The topological polar surface area (TPSA) is 78.0 Å². The lowest BCUT2D eigenvalue weighted by atomic mass is 10.1. The molecule has 1 aliphatic rings. The predicted molar refractivity (Wildman–Crippen MR) is 122 cm³/mol. The van der Waals surface area contributed by atoms with E-state index in [2.05, 4.69) is 4.98 Å². The molecule has 1 saturated heterocycles. The molecule has 1 fully saturated rings. The highest BCUT2D eigenvalue weighted by molar-refractivity contribution is 7.13. The number of aryl methyl sites for hydroxylation is 1. The minimum atomic E-state index is -0.537. The van der Waals surface area contributed by atoms with E-state index in [0.29, 0.717) is 22.9 Å². The maximum atomic E-state index is 12.6. The Morgan fingerprint density at radius 1 is 1.16 bits per heavy atom. The van der Waals surface area contributed by atoms with Gasteiger partial charge in [-0.05, 0) is 19.1 Å². The van der Waals surface area contributed by atoms with Crippen molar-refractivity contribution in [3.8, 4) is 22.1 Å². The summed E-state index contributed by atoms with van der Waals surface area (Å²) in [4.78, 5) is 31.3. The van der Waals surface area contributed by atoms with Crippen molar-refractivity contribution in [1.82, 2.24) is 4.98 Å². The molecule has 4 rings (SSSR count). The Hall–Kier alpha value is -3.39. The molecular weight excluding hydrogens is 428 g/mol. The van der Waals surface area contributed by atoms with Crippen LogP contribution in [0.15, 0.2) is 47.8 Å². The highest BCUT2D eigenvalue weighted by atomic mass is 32.1. The third kappa shape index (κ3) is 4.60. The summed E-state index contributed by atoms with van der Waals surface area (Å²) in [6, 6.07) is 13.3. The van der Waals surface area contributed by atoms with Gasteiger partial charge in [0.05, 0.1) is 31.5 Å². The van der Waals surface area contributed by atoms with Crippen LogP contribution in [0.3, 0.4) is 0 Å². The molecule has 2 heterocycles. The Balaban J connectivity index is 1.38. The van der Waals surface area contributed by atoms with Crippen molar-refractivity contribution >= 4 is 28.9 Å². The summed E-state index contributed by atoms with van der Waals surface area (Å²) in [6.45, 7) is 2.36. The van der Waals surface area contributed by atoms with Crippen LogP contribution < -0.4 is 14.4 Å². The zero-order valence-electron chi connectivity index (χ0n) is 18.2. The van der Waals surface area contributed by atoms with Gasteiger partial charge in [-0.1, -0.05) is 29.8 Å². The molecule has 1 aliphatic heterocycles. The molecule has 0 bridgehead atoms. The molecule has 1 atom stereocenters. The molecular formula is C24H24N2O5S. The summed E-state index contributed by atoms with van der Waals surface area (Å²) in [5, 5.41) is 2.77. The van der Waals surface area contributed by atoms with Gasteiger partial charge in [0.2, 0.25) is 5.91 Å². The number of nitrogens with zero attached hydrogens (tertiary/aromatic N) is 2. The maximum Gasteiger partial charge on any atom is 0.311 e. The van der Waals surface area contributed by atoms with E-state index < -0.39 is 11.9 Å². The Kier molecular flexibility index (Phi) is 6.41. The third-order valence-corrected chi connectivity index (χ3v) is 6.29. The Morgan fingerprint density at radius 2 is 1.94 bits per heavy atom.